The Bertz CT molecular complexity index is 2190. The van der Waals surface area contributed by atoms with Crippen LogP contribution in [0.15, 0.2) is 107 Å². The summed E-state index contributed by atoms with van der Waals surface area (Å²) in [7, 11) is 0. The SMILES string of the molecule is CC(C)c1cccc(C(C)C)c1-n1ccn(-c2c(C(C)C)cccc2C(C)C)c1=NB(Cl)N=c1n(-c2c(C(C)C)cccc2C(C)C)ccn1-c1c(C(C)C)cccc1C(C)C. The Hall–Kier alpha value is -4.75. The molecule has 8 heteroatoms. The van der Waals surface area contributed by atoms with Crippen molar-refractivity contribution < 1.29 is 0 Å². The van der Waals surface area contributed by atoms with Gasteiger partial charge in [-0.3, -0.25) is 28.1 Å². The summed E-state index contributed by atoms with van der Waals surface area (Å²) in [5, 5.41) is 0. The molecule has 0 saturated carbocycles. The number of halogens is 1. The van der Waals surface area contributed by atoms with Gasteiger partial charge in [-0.1, -0.05) is 184 Å². The van der Waals surface area contributed by atoms with Gasteiger partial charge < -0.3 is 0 Å². The number of imidazole rings is 2. The molecule has 0 amide bonds. The van der Waals surface area contributed by atoms with Crippen LogP contribution in [-0.2, 0) is 0 Å². The second kappa shape index (κ2) is 19.3. The fraction of sp³-hybridized carbons (Fsp3) is 0.444. The average molecular weight is 851 g/mol. The summed E-state index contributed by atoms with van der Waals surface area (Å²) in [5.41, 5.74) is 16.2. The zero-order valence-electron chi connectivity index (χ0n) is 40.5. The molecule has 0 radical (unpaired) electrons. The van der Waals surface area contributed by atoms with Gasteiger partial charge in [0.05, 0.1) is 22.7 Å². The van der Waals surface area contributed by atoms with Crippen molar-refractivity contribution in [2.24, 2.45) is 9.81 Å². The van der Waals surface area contributed by atoms with Crippen molar-refractivity contribution in [1.29, 1.82) is 0 Å². The summed E-state index contributed by atoms with van der Waals surface area (Å²) < 4.78 is 9.11. The van der Waals surface area contributed by atoms with Gasteiger partial charge in [0, 0.05) is 24.8 Å². The molecule has 328 valence electrons. The molecule has 2 aromatic heterocycles. The summed E-state index contributed by atoms with van der Waals surface area (Å²) >= 11 is 7.73. The summed E-state index contributed by atoms with van der Waals surface area (Å²) in [6.07, 6.45) is 7.74. The largest absolute Gasteiger partial charge is 0.528 e. The van der Waals surface area contributed by atoms with Crippen molar-refractivity contribution in [1.82, 2.24) is 18.3 Å². The maximum atomic E-state index is 7.73. The second-order valence-corrected chi connectivity index (χ2v) is 20.0. The first-order valence-electron chi connectivity index (χ1n) is 23.2. The lowest BCUT2D eigenvalue weighted by atomic mass is 9.92. The summed E-state index contributed by atoms with van der Waals surface area (Å²) in [5.74, 6) is 2.28. The van der Waals surface area contributed by atoms with Gasteiger partial charge in [-0.25, -0.2) is 0 Å². The zero-order valence-corrected chi connectivity index (χ0v) is 41.3. The Kier molecular flexibility index (Phi) is 14.6. The highest BCUT2D eigenvalue weighted by atomic mass is 35.5. The van der Waals surface area contributed by atoms with Crippen molar-refractivity contribution in [3.8, 4) is 22.7 Å². The van der Waals surface area contributed by atoms with Crippen LogP contribution in [0.25, 0.3) is 22.7 Å². The van der Waals surface area contributed by atoms with Gasteiger partial charge in [0.25, 0.3) is 0 Å². The lowest BCUT2D eigenvalue weighted by molar-refractivity contribution is 0.761. The molecule has 0 saturated heterocycles. The molecular weight excluding hydrogens is 779 g/mol. The van der Waals surface area contributed by atoms with Crippen molar-refractivity contribution in [2.45, 2.75) is 158 Å². The van der Waals surface area contributed by atoms with Crippen LogP contribution < -0.4 is 11.2 Å². The molecule has 6 nitrogen and oxygen atoms in total. The van der Waals surface area contributed by atoms with Crippen molar-refractivity contribution in [2.75, 3.05) is 0 Å². The van der Waals surface area contributed by atoms with E-state index in [-0.39, 0.29) is 47.3 Å². The molecule has 6 rings (SSSR count). The Morgan fingerprint density at radius 3 is 0.629 bits per heavy atom. The smallest absolute Gasteiger partial charge is 0.286 e. The lowest BCUT2D eigenvalue weighted by Crippen LogP contribution is -2.32. The van der Waals surface area contributed by atoms with E-state index in [9.17, 15) is 0 Å². The van der Waals surface area contributed by atoms with E-state index in [1.54, 1.807) is 0 Å². The summed E-state index contributed by atoms with van der Waals surface area (Å²) in [4.78, 5) is 11.1. The van der Waals surface area contributed by atoms with Crippen LogP contribution in [-0.4, -0.2) is 24.7 Å². The molecule has 6 aromatic rings. The number of rotatable bonds is 14. The monoisotopic (exact) mass is 851 g/mol. The Labute approximate surface area is 378 Å². The number of hydrogen-bond acceptors (Lipinski definition) is 2. The molecule has 0 atom stereocenters. The van der Waals surface area contributed by atoms with E-state index in [0.717, 1.165) is 34.0 Å². The summed E-state index contributed by atoms with van der Waals surface area (Å²) in [6, 6.07) is 26.9. The highest BCUT2D eigenvalue weighted by molar-refractivity contribution is 7.04. The molecule has 4 aromatic carbocycles. The first kappa shape index (κ1) is 46.8. The molecule has 0 aliphatic heterocycles. The average Bonchev–Trinajstić information content (AvgIpc) is 3.82. The van der Waals surface area contributed by atoms with Gasteiger partial charge in [0.15, 0.2) is 0 Å². The van der Waals surface area contributed by atoms with E-state index in [1.165, 1.54) is 44.5 Å². The fourth-order valence-corrected chi connectivity index (χ4v) is 9.27. The number of nitrogens with zero attached hydrogens (tertiary/aromatic N) is 6. The van der Waals surface area contributed by atoms with E-state index in [0.29, 0.717) is 0 Å². The second-order valence-electron chi connectivity index (χ2n) is 19.6. The number of aromatic nitrogens is 4. The maximum Gasteiger partial charge on any atom is 0.528 e. The molecule has 0 bridgehead atoms. The third-order valence-corrected chi connectivity index (χ3v) is 12.6. The number of benzene rings is 4. The Morgan fingerprint density at radius 2 is 0.484 bits per heavy atom. The first-order valence-corrected chi connectivity index (χ1v) is 23.6. The molecule has 0 aliphatic rings. The standard InChI is InChI=1S/C54H72BClN6/c1-33(2)41-21-17-22-42(34(3)4)49(41)59-29-30-60(50-43(35(5)6)23-18-24-44(50)36(7)8)53(59)57-55(56)58-54-61(51-45(37(9)10)25-19-26-46(51)38(11)12)31-32-62(54)52-47(39(13)14)27-20-28-48(52)40(15)16/h17-40H,1-16H3. The topological polar surface area (TPSA) is 44.4 Å². The van der Waals surface area contributed by atoms with E-state index >= 15 is 0 Å². The minimum atomic E-state index is -0.986. The molecule has 2 heterocycles. The number of hydrogen-bond donors (Lipinski definition) is 0. The fourth-order valence-electron chi connectivity index (χ4n) is 9.09. The maximum absolute atomic E-state index is 7.73. The minimum absolute atomic E-state index is 0.285. The van der Waals surface area contributed by atoms with Gasteiger partial charge >= 0.3 is 6.40 Å². The molecule has 62 heavy (non-hydrogen) atoms. The summed E-state index contributed by atoms with van der Waals surface area (Å²) in [6.45, 7) is 36.4. The van der Waals surface area contributed by atoms with Crippen LogP contribution in [0.2, 0.25) is 0 Å². The Morgan fingerprint density at radius 1 is 0.323 bits per heavy atom. The van der Waals surface area contributed by atoms with Crippen LogP contribution in [0, 0.1) is 0 Å². The van der Waals surface area contributed by atoms with Crippen molar-refractivity contribution in [3.63, 3.8) is 0 Å². The predicted octanol–water partition coefficient (Wildman–Crippen LogP) is 14.6. The van der Waals surface area contributed by atoms with Gasteiger partial charge in [-0.2, -0.15) is 0 Å². The zero-order chi connectivity index (χ0) is 45.3. The van der Waals surface area contributed by atoms with Crippen molar-refractivity contribution in [3.05, 3.63) is 153 Å². The predicted molar refractivity (Wildman–Crippen MR) is 266 cm³/mol. The molecule has 0 unspecified atom stereocenters. The van der Waals surface area contributed by atoms with Crippen LogP contribution in [0.1, 0.15) is 203 Å². The van der Waals surface area contributed by atoms with Gasteiger partial charge in [-0.05, 0) is 91.9 Å². The van der Waals surface area contributed by atoms with Crippen LogP contribution >= 0.6 is 11.5 Å². The van der Waals surface area contributed by atoms with Gasteiger partial charge in [0.2, 0.25) is 11.2 Å². The van der Waals surface area contributed by atoms with E-state index < -0.39 is 6.40 Å². The molecule has 0 aliphatic carbocycles. The highest BCUT2D eigenvalue weighted by Gasteiger charge is 2.25. The van der Waals surface area contributed by atoms with Crippen LogP contribution in [0.3, 0.4) is 0 Å². The van der Waals surface area contributed by atoms with Gasteiger partial charge in [-0.15, -0.1) is 11.5 Å². The number of para-hydroxylation sites is 4. The first-order chi connectivity index (χ1) is 29.3. The molecule has 0 N–H and O–H groups in total. The molecule has 0 fully saturated rings. The van der Waals surface area contributed by atoms with Crippen molar-refractivity contribution >= 4 is 17.9 Å². The molecular formula is C54H72BClN6. The van der Waals surface area contributed by atoms with E-state index in [4.69, 9.17) is 21.3 Å². The van der Waals surface area contributed by atoms with Gasteiger partial charge in [0.1, 0.15) is 0 Å². The highest BCUT2D eigenvalue weighted by Crippen LogP contribution is 2.35. The Balaban J connectivity index is 1.80. The third kappa shape index (κ3) is 9.16. The normalized spacial score (nSPS) is 12.1. The van der Waals surface area contributed by atoms with Crippen LogP contribution in [0.4, 0.5) is 0 Å². The molecule has 0 spiro atoms. The minimum Gasteiger partial charge on any atom is -0.286 e. The quantitative estimate of drug-likeness (QED) is 0.0980. The van der Waals surface area contributed by atoms with E-state index in [2.05, 4.69) is 227 Å². The van der Waals surface area contributed by atoms with Crippen LogP contribution in [0.5, 0.6) is 0 Å². The van der Waals surface area contributed by atoms with E-state index in [1.807, 2.05) is 0 Å². The lowest BCUT2D eigenvalue weighted by Gasteiger charge is -2.23. The third-order valence-electron chi connectivity index (χ3n) is 12.4.